The number of carbonyl (C=O) groups is 1. The van der Waals surface area contributed by atoms with Gasteiger partial charge >= 0.3 is 0 Å². The normalized spacial score (nSPS) is 10.5. The highest BCUT2D eigenvalue weighted by Crippen LogP contribution is 2.18. The minimum Gasteiger partial charge on any atom is -0.329 e. The van der Waals surface area contributed by atoms with Crippen LogP contribution in [0.3, 0.4) is 0 Å². The van der Waals surface area contributed by atoms with E-state index < -0.39 is 0 Å². The van der Waals surface area contributed by atoms with E-state index in [1.165, 1.54) is 11.0 Å². The van der Waals surface area contributed by atoms with Crippen molar-refractivity contribution in [1.29, 1.82) is 0 Å². The highest BCUT2D eigenvalue weighted by atomic mass is 79.9. The van der Waals surface area contributed by atoms with Gasteiger partial charge in [0.05, 0.1) is 5.69 Å². The van der Waals surface area contributed by atoms with Crippen LogP contribution in [-0.4, -0.2) is 27.1 Å². The van der Waals surface area contributed by atoms with Gasteiger partial charge in [0.1, 0.15) is 5.82 Å². The molecule has 0 N–H and O–H groups in total. The number of hydrogen-bond donors (Lipinski definition) is 0. The van der Waals surface area contributed by atoms with Gasteiger partial charge in [-0.3, -0.25) is 4.79 Å². The number of benzene rings is 2. The van der Waals surface area contributed by atoms with Gasteiger partial charge in [-0.2, -0.15) is 5.10 Å². The lowest BCUT2D eigenvalue weighted by Gasteiger charge is -2.20. The molecule has 0 spiro atoms. The van der Waals surface area contributed by atoms with Crippen molar-refractivity contribution in [1.82, 2.24) is 14.7 Å². The number of amides is 1. The third-order valence-electron chi connectivity index (χ3n) is 3.83. The first-order valence-corrected chi connectivity index (χ1v) is 8.83. The van der Waals surface area contributed by atoms with Gasteiger partial charge in [-0.1, -0.05) is 40.2 Å². The fourth-order valence-corrected chi connectivity index (χ4v) is 2.98. The van der Waals surface area contributed by atoms with Crippen molar-refractivity contribution in [2.45, 2.75) is 6.54 Å². The second-order valence-electron chi connectivity index (χ2n) is 5.69. The highest BCUT2D eigenvalue weighted by Gasteiger charge is 2.19. The van der Waals surface area contributed by atoms with Crippen molar-refractivity contribution in [2.24, 2.45) is 0 Å². The number of halogens is 2. The van der Waals surface area contributed by atoms with Gasteiger partial charge in [0, 0.05) is 29.3 Å². The molecule has 26 heavy (non-hydrogen) atoms. The van der Waals surface area contributed by atoms with Crippen LogP contribution in [0.2, 0.25) is 0 Å². The Morgan fingerprint density at radius 2 is 2.00 bits per heavy atom. The Bertz CT molecular complexity index is 924. The van der Waals surface area contributed by atoms with Crippen LogP contribution in [-0.2, 0) is 6.54 Å². The first kappa shape index (κ1) is 18.1. The van der Waals surface area contributed by atoms with Crippen LogP contribution in [0.5, 0.6) is 0 Å². The van der Waals surface area contributed by atoms with Crippen LogP contribution < -0.4 is 0 Å². The molecule has 0 atom stereocenters. The number of nitrogens with zero attached hydrogens (tertiary/aromatic N) is 3. The molecule has 0 fully saturated rings. The molecule has 1 aromatic heterocycles. The molecule has 1 heterocycles. The second kappa shape index (κ2) is 8.10. The Kier molecular flexibility index (Phi) is 5.63. The van der Waals surface area contributed by atoms with Crippen molar-refractivity contribution in [3.63, 3.8) is 0 Å². The first-order valence-electron chi connectivity index (χ1n) is 8.03. The van der Waals surface area contributed by atoms with E-state index >= 15 is 0 Å². The van der Waals surface area contributed by atoms with Crippen molar-refractivity contribution >= 4 is 21.8 Å². The Morgan fingerprint density at radius 3 is 2.73 bits per heavy atom. The van der Waals surface area contributed by atoms with Crippen LogP contribution in [0.4, 0.5) is 4.39 Å². The van der Waals surface area contributed by atoms with Gasteiger partial charge in [0.25, 0.3) is 5.91 Å². The molecule has 3 aromatic rings. The largest absolute Gasteiger partial charge is 0.329 e. The summed E-state index contributed by atoms with van der Waals surface area (Å²) in [6, 6.07) is 15.8. The summed E-state index contributed by atoms with van der Waals surface area (Å²) in [7, 11) is 0. The van der Waals surface area contributed by atoms with Crippen molar-refractivity contribution in [2.75, 3.05) is 6.54 Å². The highest BCUT2D eigenvalue weighted by molar-refractivity contribution is 9.10. The molecule has 0 aliphatic carbocycles. The molecule has 0 saturated carbocycles. The fraction of sp³-hybridized carbons (Fsp3) is 0.100. The number of rotatable bonds is 6. The molecular weight excluding hydrogens is 397 g/mol. The van der Waals surface area contributed by atoms with Gasteiger partial charge in [-0.15, -0.1) is 6.58 Å². The molecule has 1 amide bonds. The number of aromatic nitrogens is 2. The fourth-order valence-electron chi connectivity index (χ4n) is 2.57. The lowest BCUT2D eigenvalue weighted by Crippen LogP contribution is -2.31. The predicted octanol–water partition coefficient (Wildman–Crippen LogP) is 4.60. The molecule has 4 nitrogen and oxygen atoms in total. The van der Waals surface area contributed by atoms with Gasteiger partial charge < -0.3 is 4.90 Å². The van der Waals surface area contributed by atoms with E-state index in [1.807, 2.05) is 30.3 Å². The quantitative estimate of drug-likeness (QED) is 0.553. The van der Waals surface area contributed by atoms with E-state index in [1.54, 1.807) is 35.2 Å². The third-order valence-corrected chi connectivity index (χ3v) is 4.33. The predicted molar refractivity (Wildman–Crippen MR) is 103 cm³/mol. The Balaban J connectivity index is 1.84. The first-order chi connectivity index (χ1) is 12.6. The molecule has 6 heteroatoms. The zero-order chi connectivity index (χ0) is 18.5. The van der Waals surface area contributed by atoms with E-state index in [4.69, 9.17) is 0 Å². The maximum atomic E-state index is 14.1. The monoisotopic (exact) mass is 413 g/mol. The Hall–Kier alpha value is -2.73. The zero-order valence-electron chi connectivity index (χ0n) is 14.0. The van der Waals surface area contributed by atoms with Crippen molar-refractivity contribution in [3.05, 3.63) is 95.0 Å². The van der Waals surface area contributed by atoms with Gasteiger partial charge in [0.2, 0.25) is 0 Å². The molecule has 0 aliphatic heterocycles. The van der Waals surface area contributed by atoms with Crippen LogP contribution in [0.15, 0.2) is 77.9 Å². The molecule has 3 rings (SSSR count). The Morgan fingerprint density at radius 1 is 1.23 bits per heavy atom. The minimum absolute atomic E-state index is 0.133. The molecule has 0 radical (unpaired) electrons. The average molecular weight is 414 g/mol. The summed E-state index contributed by atoms with van der Waals surface area (Å²) in [5.41, 5.74) is 1.59. The summed E-state index contributed by atoms with van der Waals surface area (Å²) in [5, 5.41) is 4.35. The summed E-state index contributed by atoms with van der Waals surface area (Å²) >= 11 is 3.33. The zero-order valence-corrected chi connectivity index (χ0v) is 15.6. The van der Waals surface area contributed by atoms with E-state index in [0.29, 0.717) is 17.8 Å². The van der Waals surface area contributed by atoms with E-state index in [9.17, 15) is 9.18 Å². The second-order valence-corrected chi connectivity index (χ2v) is 6.61. The van der Waals surface area contributed by atoms with E-state index in [2.05, 4.69) is 27.6 Å². The topological polar surface area (TPSA) is 38.1 Å². The standard InChI is InChI=1S/C20H17BrFN3O/c1-2-11-24(14-15-13-16(21)8-9-18(15)22)20(26)19-10-12-25(23-19)17-6-4-3-5-7-17/h2-10,12-13H,1,11,14H2. The number of carbonyl (C=O) groups excluding carboxylic acids is 1. The summed E-state index contributed by atoms with van der Waals surface area (Å²) < 4.78 is 16.5. The Labute approximate surface area is 159 Å². The summed E-state index contributed by atoms with van der Waals surface area (Å²) in [5.74, 6) is -0.635. The molecule has 0 saturated heterocycles. The van der Waals surface area contributed by atoms with Crippen molar-refractivity contribution in [3.8, 4) is 5.69 Å². The van der Waals surface area contributed by atoms with E-state index in [0.717, 1.165) is 10.2 Å². The van der Waals surface area contributed by atoms with Gasteiger partial charge in [-0.25, -0.2) is 9.07 Å². The molecule has 0 unspecified atom stereocenters. The number of para-hydroxylation sites is 1. The molecule has 2 aromatic carbocycles. The van der Waals surface area contributed by atoms with Gasteiger partial charge in [-0.05, 0) is 36.4 Å². The molecule has 132 valence electrons. The minimum atomic E-state index is -0.357. The maximum Gasteiger partial charge on any atom is 0.274 e. The SMILES string of the molecule is C=CCN(Cc1cc(Br)ccc1F)C(=O)c1ccn(-c2ccccc2)n1. The van der Waals surface area contributed by atoms with Crippen LogP contribution >= 0.6 is 15.9 Å². The molecule has 0 bridgehead atoms. The van der Waals surface area contributed by atoms with Crippen LogP contribution in [0.1, 0.15) is 16.1 Å². The lowest BCUT2D eigenvalue weighted by molar-refractivity contribution is 0.0755. The summed E-state index contributed by atoms with van der Waals surface area (Å²) in [4.78, 5) is 14.4. The van der Waals surface area contributed by atoms with E-state index in [-0.39, 0.29) is 18.3 Å². The number of hydrogen-bond acceptors (Lipinski definition) is 2. The summed E-state index contributed by atoms with van der Waals surface area (Å²) in [6.07, 6.45) is 3.34. The lowest BCUT2D eigenvalue weighted by atomic mass is 10.2. The molecular formula is C20H17BrFN3O. The van der Waals surface area contributed by atoms with Crippen LogP contribution in [0.25, 0.3) is 5.69 Å². The third kappa shape index (κ3) is 4.08. The molecule has 0 aliphatic rings. The van der Waals surface area contributed by atoms with Crippen LogP contribution in [0, 0.1) is 5.82 Å². The smallest absolute Gasteiger partial charge is 0.274 e. The summed E-state index contributed by atoms with van der Waals surface area (Å²) in [6.45, 7) is 4.12. The maximum absolute atomic E-state index is 14.1. The van der Waals surface area contributed by atoms with Gasteiger partial charge in [0.15, 0.2) is 5.69 Å². The van der Waals surface area contributed by atoms with Crippen molar-refractivity contribution < 1.29 is 9.18 Å². The average Bonchev–Trinajstić information content (AvgIpc) is 3.14.